The zero-order valence-electron chi connectivity index (χ0n) is 20.7. The average molecular weight is 499 g/mol. The van der Waals surface area contributed by atoms with Gasteiger partial charge in [0.1, 0.15) is 0 Å². The van der Waals surface area contributed by atoms with Gasteiger partial charge in [-0.1, -0.05) is 0 Å². The Morgan fingerprint density at radius 3 is 2.63 bits per heavy atom. The van der Waals surface area contributed by atoms with Crippen LogP contribution < -0.4 is 15.4 Å². The molecular formula is C25H34N6O3S. The normalized spacial score (nSPS) is 17.9. The summed E-state index contributed by atoms with van der Waals surface area (Å²) in [5.74, 6) is 1.16. The number of pyridine rings is 1. The summed E-state index contributed by atoms with van der Waals surface area (Å²) >= 11 is 1.75. The van der Waals surface area contributed by atoms with E-state index in [0.29, 0.717) is 30.9 Å². The second-order valence-corrected chi connectivity index (χ2v) is 10.3. The number of anilines is 2. The molecule has 0 atom stereocenters. The van der Waals surface area contributed by atoms with Crippen LogP contribution in [0.1, 0.15) is 30.2 Å². The molecule has 5 rings (SSSR count). The van der Waals surface area contributed by atoms with E-state index >= 15 is 0 Å². The van der Waals surface area contributed by atoms with Crippen LogP contribution in [0.25, 0.3) is 21.5 Å². The smallest absolute Gasteiger partial charge is 0.236 e. The highest BCUT2D eigenvalue weighted by Gasteiger charge is 2.25. The zero-order chi connectivity index (χ0) is 24.4. The lowest BCUT2D eigenvalue weighted by atomic mass is 10.1. The van der Waals surface area contributed by atoms with Crippen LogP contribution in [0, 0.1) is 6.92 Å². The maximum absolute atomic E-state index is 6.21. The van der Waals surface area contributed by atoms with Gasteiger partial charge in [0.05, 0.1) is 48.0 Å². The van der Waals surface area contributed by atoms with Crippen LogP contribution in [0.4, 0.5) is 11.6 Å². The first-order chi connectivity index (χ1) is 17.1. The lowest BCUT2D eigenvalue weighted by Crippen LogP contribution is -2.37. The number of likely N-dealkylation sites (tertiary alicyclic amines) is 1. The molecule has 10 heteroatoms. The summed E-state index contributed by atoms with van der Waals surface area (Å²) < 4.78 is 17.8. The minimum absolute atomic E-state index is 0.381. The minimum Gasteiger partial charge on any atom is -0.480 e. The molecule has 0 saturated carbocycles. The predicted molar refractivity (Wildman–Crippen MR) is 139 cm³/mol. The third-order valence-corrected chi connectivity index (χ3v) is 7.92. The molecule has 3 aromatic heterocycles. The minimum atomic E-state index is 0.381. The number of piperidine rings is 1. The van der Waals surface area contributed by atoms with Crippen LogP contribution in [0.15, 0.2) is 12.3 Å². The number of hydrogen-bond donors (Lipinski definition) is 1. The first-order valence-electron chi connectivity index (χ1n) is 12.3. The molecule has 0 aromatic carbocycles. The number of nitrogen functional groups attached to an aromatic ring is 1. The van der Waals surface area contributed by atoms with Crippen LogP contribution in [0.2, 0.25) is 0 Å². The fourth-order valence-electron chi connectivity index (χ4n) is 4.87. The Hall–Kier alpha value is -2.53. The largest absolute Gasteiger partial charge is 0.480 e. The molecule has 2 aliphatic rings. The number of ether oxygens (including phenoxy) is 3. The van der Waals surface area contributed by atoms with E-state index in [9.17, 15) is 0 Å². The van der Waals surface area contributed by atoms with Gasteiger partial charge in [0, 0.05) is 61.5 Å². The van der Waals surface area contributed by atoms with Crippen molar-refractivity contribution in [2.24, 2.45) is 0 Å². The van der Waals surface area contributed by atoms with Crippen molar-refractivity contribution in [1.82, 2.24) is 19.9 Å². The molecular weight excluding hydrogens is 464 g/mol. The summed E-state index contributed by atoms with van der Waals surface area (Å²) in [5, 5.41) is 0. The number of methoxy groups -OCH3 is 1. The number of morpholine rings is 1. The van der Waals surface area contributed by atoms with Gasteiger partial charge < -0.3 is 24.8 Å². The molecule has 0 amide bonds. The van der Waals surface area contributed by atoms with Gasteiger partial charge in [0.2, 0.25) is 11.8 Å². The number of nitrogens with zero attached hydrogens (tertiary/aromatic N) is 5. The van der Waals surface area contributed by atoms with Crippen molar-refractivity contribution in [2.45, 2.75) is 39.3 Å². The Morgan fingerprint density at radius 1 is 1.17 bits per heavy atom. The van der Waals surface area contributed by atoms with Crippen molar-refractivity contribution in [3.8, 4) is 17.1 Å². The van der Waals surface area contributed by atoms with Crippen molar-refractivity contribution in [3.05, 3.63) is 22.7 Å². The number of aryl methyl sites for hydroxylation is 1. The molecule has 9 nitrogen and oxygen atoms in total. The fourth-order valence-corrected chi connectivity index (χ4v) is 5.99. The second-order valence-electron chi connectivity index (χ2n) is 9.04. The van der Waals surface area contributed by atoms with Gasteiger partial charge in [-0.05, 0) is 32.8 Å². The summed E-state index contributed by atoms with van der Waals surface area (Å²) in [5.41, 5.74) is 10.8. The first-order valence-corrected chi connectivity index (χ1v) is 13.2. The maximum atomic E-state index is 6.21. The molecule has 0 unspecified atom stereocenters. The number of fused-ring (bicyclic) bond motifs is 1. The van der Waals surface area contributed by atoms with E-state index in [1.165, 1.54) is 10.4 Å². The van der Waals surface area contributed by atoms with Gasteiger partial charge in [-0.3, -0.25) is 4.90 Å². The van der Waals surface area contributed by atoms with Gasteiger partial charge in [-0.15, -0.1) is 11.3 Å². The monoisotopic (exact) mass is 498 g/mol. The predicted octanol–water partition coefficient (Wildman–Crippen LogP) is 3.49. The van der Waals surface area contributed by atoms with E-state index in [4.69, 9.17) is 29.9 Å². The van der Waals surface area contributed by atoms with E-state index in [1.54, 1.807) is 24.6 Å². The lowest BCUT2D eigenvalue weighted by Gasteiger charge is -2.31. The Kier molecular flexibility index (Phi) is 7.33. The molecule has 188 valence electrons. The van der Waals surface area contributed by atoms with Gasteiger partial charge in [0.15, 0.2) is 0 Å². The highest BCUT2D eigenvalue weighted by Crippen LogP contribution is 2.39. The molecule has 2 aliphatic heterocycles. The average Bonchev–Trinajstić information content (AvgIpc) is 3.20. The number of thiophene rings is 1. The van der Waals surface area contributed by atoms with E-state index in [2.05, 4.69) is 28.6 Å². The Bertz CT molecular complexity index is 1170. The fraction of sp³-hybridized carbons (Fsp3) is 0.560. The van der Waals surface area contributed by atoms with E-state index in [0.717, 1.165) is 79.6 Å². The Morgan fingerprint density at radius 2 is 1.94 bits per heavy atom. The summed E-state index contributed by atoms with van der Waals surface area (Å²) in [6.07, 6.45) is 4.31. The second kappa shape index (κ2) is 10.6. The van der Waals surface area contributed by atoms with Gasteiger partial charge in [0.25, 0.3) is 0 Å². The number of aromatic nitrogens is 3. The molecule has 0 radical (unpaired) electrons. The summed E-state index contributed by atoms with van der Waals surface area (Å²) in [7, 11) is 1.57. The quantitative estimate of drug-likeness (QED) is 0.525. The summed E-state index contributed by atoms with van der Waals surface area (Å²) in [6, 6.07) is 1.89. The SMILES string of the molecule is CCOC1CCN(Cc2c(C)sc3c(-c4cnc(OC)c(N)c4)nc(N4CCOCC4)nc23)CC1. The summed E-state index contributed by atoms with van der Waals surface area (Å²) in [4.78, 5) is 20.6. The molecule has 3 aromatic rings. The Balaban J connectivity index is 1.54. The van der Waals surface area contributed by atoms with Crippen LogP contribution in [-0.2, 0) is 16.0 Å². The lowest BCUT2D eigenvalue weighted by molar-refractivity contribution is 0.0126. The number of hydrogen-bond acceptors (Lipinski definition) is 10. The standard InChI is InChI=1S/C25H34N6O3S/c1-4-34-18-5-7-30(8-6-18)15-19-16(2)35-23-21(17-13-20(26)24(32-3)27-14-17)28-25(29-22(19)23)31-9-11-33-12-10-31/h13-14,18H,4-12,15,26H2,1-3H3. The maximum Gasteiger partial charge on any atom is 0.236 e. The molecule has 2 N–H and O–H groups in total. The van der Waals surface area contributed by atoms with Crippen LogP contribution in [-0.4, -0.2) is 79.1 Å². The van der Waals surface area contributed by atoms with Crippen molar-refractivity contribution < 1.29 is 14.2 Å². The van der Waals surface area contributed by atoms with Crippen molar-refractivity contribution in [2.75, 3.05) is 63.7 Å². The van der Waals surface area contributed by atoms with E-state index in [1.807, 2.05) is 6.07 Å². The highest BCUT2D eigenvalue weighted by molar-refractivity contribution is 7.19. The molecule has 0 aliphatic carbocycles. The van der Waals surface area contributed by atoms with Gasteiger partial charge in [-0.25, -0.2) is 15.0 Å². The van der Waals surface area contributed by atoms with Crippen molar-refractivity contribution in [3.63, 3.8) is 0 Å². The van der Waals surface area contributed by atoms with Crippen LogP contribution in [0.5, 0.6) is 5.88 Å². The molecule has 2 fully saturated rings. The molecule has 2 saturated heterocycles. The highest BCUT2D eigenvalue weighted by atomic mass is 32.1. The Labute approximate surface area is 210 Å². The third kappa shape index (κ3) is 5.06. The first kappa shape index (κ1) is 24.2. The third-order valence-electron chi connectivity index (χ3n) is 6.78. The number of nitrogens with two attached hydrogens (primary N) is 1. The zero-order valence-corrected chi connectivity index (χ0v) is 21.6. The van der Waals surface area contributed by atoms with E-state index in [-0.39, 0.29) is 0 Å². The topological polar surface area (TPSA) is 98.9 Å². The van der Waals surface area contributed by atoms with Crippen molar-refractivity contribution in [1.29, 1.82) is 0 Å². The molecule has 0 spiro atoms. The molecule has 0 bridgehead atoms. The van der Waals surface area contributed by atoms with Crippen LogP contribution in [0.3, 0.4) is 0 Å². The van der Waals surface area contributed by atoms with Gasteiger partial charge >= 0.3 is 0 Å². The summed E-state index contributed by atoms with van der Waals surface area (Å²) in [6.45, 7) is 10.9. The van der Waals surface area contributed by atoms with E-state index < -0.39 is 0 Å². The van der Waals surface area contributed by atoms with Crippen molar-refractivity contribution >= 4 is 33.2 Å². The van der Waals surface area contributed by atoms with Crippen LogP contribution >= 0.6 is 11.3 Å². The molecule has 35 heavy (non-hydrogen) atoms. The molecule has 5 heterocycles. The van der Waals surface area contributed by atoms with Gasteiger partial charge in [-0.2, -0.15) is 0 Å². The number of rotatable bonds is 7.